The second kappa shape index (κ2) is 11.9. The third-order valence-electron chi connectivity index (χ3n) is 6.76. The number of rotatable bonds is 8. The first-order chi connectivity index (χ1) is 19.3. The Morgan fingerprint density at radius 2 is 1.70 bits per heavy atom. The van der Waals surface area contributed by atoms with Crippen LogP contribution in [-0.2, 0) is 18.0 Å². The van der Waals surface area contributed by atoms with E-state index < -0.39 is 17.6 Å². The number of amides is 1. The van der Waals surface area contributed by atoms with Gasteiger partial charge in [0.15, 0.2) is 0 Å². The third-order valence-corrected chi connectivity index (χ3v) is 6.76. The minimum Gasteiger partial charge on any atom is -0.492 e. The van der Waals surface area contributed by atoms with Gasteiger partial charge in [-0.3, -0.25) is 19.3 Å². The van der Waals surface area contributed by atoms with Crippen molar-refractivity contribution < 1.29 is 27.4 Å². The van der Waals surface area contributed by atoms with Crippen molar-refractivity contribution in [3.63, 3.8) is 0 Å². The van der Waals surface area contributed by atoms with Crippen molar-refractivity contribution in [3.8, 4) is 17.0 Å². The highest BCUT2D eigenvalue weighted by atomic mass is 19.4. The average molecular weight is 551 g/mol. The number of carbonyl (C=O) groups excluding carboxylic acids is 1. The number of para-hydroxylation sites is 1. The lowest BCUT2D eigenvalue weighted by Gasteiger charge is -2.27. The first-order valence-electron chi connectivity index (χ1n) is 12.9. The Balaban J connectivity index is 1.50. The highest BCUT2D eigenvalue weighted by molar-refractivity contribution is 6.11. The summed E-state index contributed by atoms with van der Waals surface area (Å²) in [6, 6.07) is 20.5. The molecule has 0 N–H and O–H groups in total. The molecule has 1 aromatic heterocycles. The van der Waals surface area contributed by atoms with Gasteiger partial charge in [-0.25, -0.2) is 0 Å². The number of morpholine rings is 1. The van der Waals surface area contributed by atoms with Crippen molar-refractivity contribution >= 4 is 17.3 Å². The molecule has 0 spiro atoms. The monoisotopic (exact) mass is 550 g/mol. The van der Waals surface area contributed by atoms with E-state index in [9.17, 15) is 18.0 Å². The maximum atomic E-state index is 13.8. The van der Waals surface area contributed by atoms with Crippen molar-refractivity contribution in [3.05, 3.63) is 96.2 Å². The van der Waals surface area contributed by atoms with Crippen LogP contribution in [0.5, 0.6) is 5.75 Å². The van der Waals surface area contributed by atoms with Crippen molar-refractivity contribution in [2.75, 3.05) is 44.4 Å². The number of hydrogen-bond acceptors (Lipinski definition) is 5. The smallest absolute Gasteiger partial charge is 0.416 e. The number of halogens is 3. The van der Waals surface area contributed by atoms with Gasteiger partial charge in [0, 0.05) is 49.7 Å². The molecule has 0 unspecified atom stereocenters. The lowest BCUT2D eigenvalue weighted by Crippen LogP contribution is -2.38. The molecule has 3 aromatic carbocycles. The van der Waals surface area contributed by atoms with Crippen LogP contribution in [0.15, 0.2) is 85.1 Å². The normalized spacial score (nSPS) is 14.2. The molecule has 0 aliphatic carbocycles. The van der Waals surface area contributed by atoms with E-state index in [0.717, 1.165) is 43.0 Å². The molecule has 1 saturated heterocycles. The minimum atomic E-state index is -4.49. The number of benzene rings is 3. The van der Waals surface area contributed by atoms with Crippen LogP contribution < -0.4 is 9.64 Å². The second-order valence-corrected chi connectivity index (χ2v) is 9.37. The maximum Gasteiger partial charge on any atom is 0.416 e. The molecule has 0 atom stereocenters. The van der Waals surface area contributed by atoms with Crippen LogP contribution in [0.2, 0.25) is 0 Å². The molecule has 0 saturated carbocycles. The Bertz CT molecular complexity index is 1430. The van der Waals surface area contributed by atoms with Crippen LogP contribution in [0.3, 0.4) is 0 Å². The largest absolute Gasteiger partial charge is 0.492 e. The lowest BCUT2D eigenvalue weighted by atomic mass is 10.1. The molecule has 1 aliphatic rings. The van der Waals surface area contributed by atoms with Gasteiger partial charge in [-0.05, 0) is 60.7 Å². The number of hydrogen-bond donors (Lipinski definition) is 0. The van der Waals surface area contributed by atoms with E-state index >= 15 is 0 Å². The van der Waals surface area contributed by atoms with Crippen molar-refractivity contribution in [2.24, 2.45) is 7.05 Å². The molecule has 5 rings (SSSR count). The fourth-order valence-electron chi connectivity index (χ4n) is 4.62. The van der Waals surface area contributed by atoms with Gasteiger partial charge >= 0.3 is 6.18 Å². The molecule has 208 valence electrons. The molecule has 0 radical (unpaired) electrons. The number of aryl methyl sites for hydroxylation is 1. The summed E-state index contributed by atoms with van der Waals surface area (Å²) >= 11 is 0. The summed E-state index contributed by atoms with van der Waals surface area (Å²) in [6.07, 6.45) is -2.81. The van der Waals surface area contributed by atoms with Gasteiger partial charge in [-0.2, -0.15) is 18.3 Å². The predicted molar refractivity (Wildman–Crippen MR) is 146 cm³/mol. The number of anilines is 2. The zero-order chi connectivity index (χ0) is 28.1. The highest BCUT2D eigenvalue weighted by Crippen LogP contribution is 2.37. The molecule has 1 amide bonds. The zero-order valence-electron chi connectivity index (χ0n) is 22.0. The average Bonchev–Trinajstić information content (AvgIpc) is 3.40. The number of nitrogens with zero attached hydrogens (tertiary/aromatic N) is 4. The molecule has 4 aromatic rings. The number of ether oxygens (including phenoxy) is 2. The number of carbonyl (C=O) groups is 1. The molecule has 10 heteroatoms. The summed E-state index contributed by atoms with van der Waals surface area (Å²) in [5, 5.41) is 4.30. The zero-order valence-corrected chi connectivity index (χ0v) is 22.0. The second-order valence-electron chi connectivity index (χ2n) is 9.37. The van der Waals surface area contributed by atoms with Crippen LogP contribution in [0.25, 0.3) is 11.3 Å². The van der Waals surface area contributed by atoms with Gasteiger partial charge in [-0.15, -0.1) is 0 Å². The van der Waals surface area contributed by atoms with Crippen molar-refractivity contribution in [2.45, 2.75) is 6.18 Å². The summed E-state index contributed by atoms with van der Waals surface area (Å²) in [7, 11) is 1.82. The molecule has 2 heterocycles. The van der Waals surface area contributed by atoms with Crippen LogP contribution >= 0.6 is 0 Å². The third kappa shape index (κ3) is 6.19. The highest BCUT2D eigenvalue weighted by Gasteiger charge is 2.31. The standard InChI is InChI=1S/C30H29F3N4O3/c1-35-27(13-14-34-35)26-21-25(11-12-28(26)40-20-17-36-15-18-39-19-16-36)37(24-5-3-2-4-6-24)29(38)22-7-9-23(10-8-22)30(31,32)33/h2-14,21H,15-20H2,1H3. The molecule has 7 nitrogen and oxygen atoms in total. The summed E-state index contributed by atoms with van der Waals surface area (Å²) in [5.41, 5.74) is 1.95. The first kappa shape index (κ1) is 27.4. The lowest BCUT2D eigenvalue weighted by molar-refractivity contribution is -0.137. The fourth-order valence-corrected chi connectivity index (χ4v) is 4.62. The molecular formula is C30H29F3N4O3. The van der Waals surface area contributed by atoms with Gasteiger partial charge in [0.05, 0.1) is 30.2 Å². The Morgan fingerprint density at radius 3 is 2.35 bits per heavy atom. The van der Waals surface area contributed by atoms with E-state index in [1.165, 1.54) is 17.0 Å². The molecule has 40 heavy (non-hydrogen) atoms. The Hall–Kier alpha value is -4.15. The predicted octanol–water partition coefficient (Wildman–Crippen LogP) is 5.80. The van der Waals surface area contributed by atoms with E-state index in [4.69, 9.17) is 9.47 Å². The van der Waals surface area contributed by atoms with Crippen LogP contribution in [0.1, 0.15) is 15.9 Å². The summed E-state index contributed by atoms with van der Waals surface area (Å²) in [5.74, 6) is 0.174. The van der Waals surface area contributed by atoms with Gasteiger partial charge in [-0.1, -0.05) is 18.2 Å². The Labute approximate surface area is 230 Å². The summed E-state index contributed by atoms with van der Waals surface area (Å²) in [6.45, 7) is 4.34. The number of alkyl halides is 3. The van der Waals surface area contributed by atoms with Gasteiger partial charge < -0.3 is 9.47 Å². The molecule has 1 aliphatic heterocycles. The number of aromatic nitrogens is 2. The first-order valence-corrected chi connectivity index (χ1v) is 12.9. The van der Waals surface area contributed by atoms with Crippen molar-refractivity contribution in [1.29, 1.82) is 0 Å². The van der Waals surface area contributed by atoms with Gasteiger partial charge in [0.2, 0.25) is 0 Å². The van der Waals surface area contributed by atoms with Gasteiger partial charge in [0.25, 0.3) is 5.91 Å². The van der Waals surface area contributed by atoms with E-state index in [1.54, 1.807) is 41.2 Å². The van der Waals surface area contributed by atoms with E-state index in [1.807, 2.05) is 31.3 Å². The van der Waals surface area contributed by atoms with Gasteiger partial charge in [0.1, 0.15) is 12.4 Å². The Kier molecular flexibility index (Phi) is 8.18. The SMILES string of the molecule is Cn1nccc1-c1cc(N(C(=O)c2ccc(C(F)(F)F)cc2)c2ccccc2)ccc1OCCN1CCOCC1. The quantitative estimate of drug-likeness (QED) is 0.278. The fraction of sp³-hybridized carbons (Fsp3) is 0.267. The van der Waals surface area contributed by atoms with Crippen molar-refractivity contribution in [1.82, 2.24) is 14.7 Å². The van der Waals surface area contributed by atoms with Crippen LogP contribution in [0, 0.1) is 0 Å². The molecule has 1 fully saturated rings. The van der Waals surface area contributed by atoms with E-state index in [0.29, 0.717) is 36.9 Å². The van der Waals surface area contributed by atoms with Crippen LogP contribution in [-0.4, -0.2) is 60.0 Å². The molecular weight excluding hydrogens is 521 g/mol. The topological polar surface area (TPSA) is 59.8 Å². The summed E-state index contributed by atoms with van der Waals surface area (Å²) < 4.78 is 52.7. The molecule has 0 bridgehead atoms. The maximum absolute atomic E-state index is 13.8. The summed E-state index contributed by atoms with van der Waals surface area (Å²) in [4.78, 5) is 17.5. The Morgan fingerprint density at radius 1 is 0.975 bits per heavy atom. The van der Waals surface area contributed by atoms with Crippen LogP contribution in [0.4, 0.5) is 24.5 Å². The van der Waals surface area contributed by atoms with E-state index in [-0.39, 0.29) is 5.56 Å². The van der Waals surface area contributed by atoms with E-state index in [2.05, 4.69) is 10.00 Å². The minimum absolute atomic E-state index is 0.129.